The van der Waals surface area contributed by atoms with Gasteiger partial charge in [-0.1, -0.05) is 0 Å². The van der Waals surface area contributed by atoms with E-state index in [1.54, 1.807) is 13.1 Å². The standard InChI is InChI=1S/C19H18FN3O3S/c1-2-26-18-6-5-15(11-16(18)20)27(24,25)23-9-7-17-14(12-23)10-13-4-3-8-21-19(13)22-17/h3-6,8,10-11H,2,7,9,12H2,1H3. The van der Waals surface area contributed by atoms with Crippen LogP contribution in [0.25, 0.3) is 11.0 Å². The van der Waals surface area contributed by atoms with Gasteiger partial charge in [-0.3, -0.25) is 0 Å². The zero-order valence-electron chi connectivity index (χ0n) is 14.7. The Kier molecular flexibility index (Phi) is 4.53. The molecule has 3 aromatic rings. The lowest BCUT2D eigenvalue weighted by Gasteiger charge is -2.27. The highest BCUT2D eigenvalue weighted by atomic mass is 32.2. The molecule has 0 spiro atoms. The van der Waals surface area contributed by atoms with Crippen molar-refractivity contribution < 1.29 is 17.5 Å². The summed E-state index contributed by atoms with van der Waals surface area (Å²) in [6, 6.07) is 9.37. The van der Waals surface area contributed by atoms with Crippen molar-refractivity contribution in [2.45, 2.75) is 24.8 Å². The lowest BCUT2D eigenvalue weighted by atomic mass is 10.1. The Bertz CT molecular complexity index is 1120. The van der Waals surface area contributed by atoms with Gasteiger partial charge in [0.05, 0.1) is 11.5 Å². The molecular formula is C19H18FN3O3S. The molecule has 0 fully saturated rings. The third-order valence-corrected chi connectivity index (χ3v) is 6.38. The zero-order valence-corrected chi connectivity index (χ0v) is 15.5. The van der Waals surface area contributed by atoms with Crippen molar-refractivity contribution in [3.8, 4) is 5.75 Å². The van der Waals surface area contributed by atoms with Crippen LogP contribution in [0.1, 0.15) is 18.2 Å². The molecule has 3 heterocycles. The van der Waals surface area contributed by atoms with E-state index in [0.29, 0.717) is 18.7 Å². The first-order valence-corrected chi connectivity index (χ1v) is 10.1. The van der Waals surface area contributed by atoms with Crippen molar-refractivity contribution in [3.05, 3.63) is 59.7 Å². The minimum atomic E-state index is -3.82. The molecule has 1 aliphatic rings. The van der Waals surface area contributed by atoms with E-state index in [9.17, 15) is 12.8 Å². The van der Waals surface area contributed by atoms with Crippen molar-refractivity contribution in [1.29, 1.82) is 0 Å². The van der Waals surface area contributed by atoms with Gasteiger partial charge in [0.15, 0.2) is 17.2 Å². The topological polar surface area (TPSA) is 72.4 Å². The fourth-order valence-electron chi connectivity index (χ4n) is 3.21. The molecule has 1 aliphatic heterocycles. The third-order valence-electron chi connectivity index (χ3n) is 4.54. The first kappa shape index (κ1) is 17.8. The van der Waals surface area contributed by atoms with Crippen LogP contribution in [0, 0.1) is 5.82 Å². The Morgan fingerprint density at radius 2 is 2.11 bits per heavy atom. The van der Waals surface area contributed by atoms with E-state index in [1.165, 1.54) is 16.4 Å². The second kappa shape index (κ2) is 6.86. The van der Waals surface area contributed by atoms with Gasteiger partial charge in [-0.05, 0) is 48.9 Å². The van der Waals surface area contributed by atoms with Crippen molar-refractivity contribution in [2.75, 3.05) is 13.2 Å². The van der Waals surface area contributed by atoms with E-state index in [1.807, 2.05) is 18.2 Å². The maximum atomic E-state index is 14.1. The molecule has 1 aromatic carbocycles. The SMILES string of the molecule is CCOc1ccc(S(=O)(=O)N2CCc3nc4ncccc4cc3C2)cc1F. The number of hydrogen-bond donors (Lipinski definition) is 0. The number of benzene rings is 1. The lowest BCUT2D eigenvalue weighted by Crippen LogP contribution is -2.36. The molecule has 8 heteroatoms. The van der Waals surface area contributed by atoms with Crippen LogP contribution in [-0.4, -0.2) is 35.8 Å². The second-order valence-corrected chi connectivity index (χ2v) is 8.20. The van der Waals surface area contributed by atoms with Gasteiger partial charge in [-0.25, -0.2) is 22.8 Å². The number of rotatable bonds is 4. The molecule has 0 bridgehead atoms. The van der Waals surface area contributed by atoms with Crippen molar-refractivity contribution in [2.24, 2.45) is 0 Å². The van der Waals surface area contributed by atoms with Gasteiger partial charge in [0.25, 0.3) is 0 Å². The van der Waals surface area contributed by atoms with Crippen molar-refractivity contribution in [3.63, 3.8) is 0 Å². The summed E-state index contributed by atoms with van der Waals surface area (Å²) in [7, 11) is -3.82. The van der Waals surface area contributed by atoms with Gasteiger partial charge >= 0.3 is 0 Å². The average molecular weight is 387 g/mol. The number of fused-ring (bicyclic) bond motifs is 2. The number of halogens is 1. The molecule has 6 nitrogen and oxygen atoms in total. The summed E-state index contributed by atoms with van der Waals surface area (Å²) in [5, 5.41) is 0.864. The predicted molar refractivity (Wildman–Crippen MR) is 98.4 cm³/mol. The molecule has 0 amide bonds. The second-order valence-electron chi connectivity index (χ2n) is 6.26. The van der Waals surface area contributed by atoms with Crippen LogP contribution in [-0.2, 0) is 23.0 Å². The van der Waals surface area contributed by atoms with E-state index in [2.05, 4.69) is 9.97 Å². The van der Waals surface area contributed by atoms with E-state index in [4.69, 9.17) is 4.74 Å². The van der Waals surface area contributed by atoms with E-state index in [0.717, 1.165) is 22.7 Å². The van der Waals surface area contributed by atoms with Gasteiger partial charge in [-0.2, -0.15) is 4.31 Å². The average Bonchev–Trinajstić information content (AvgIpc) is 2.67. The Balaban J connectivity index is 1.66. The van der Waals surface area contributed by atoms with Crippen LogP contribution < -0.4 is 4.74 Å². The number of aromatic nitrogens is 2. The highest BCUT2D eigenvalue weighted by Crippen LogP contribution is 2.28. The van der Waals surface area contributed by atoms with Gasteiger partial charge < -0.3 is 4.74 Å². The molecule has 0 atom stereocenters. The van der Waals surface area contributed by atoms with Crippen LogP contribution in [0.2, 0.25) is 0 Å². The highest BCUT2D eigenvalue weighted by molar-refractivity contribution is 7.89. The molecule has 0 N–H and O–H groups in total. The van der Waals surface area contributed by atoms with Gasteiger partial charge in [0.2, 0.25) is 10.0 Å². The molecule has 140 valence electrons. The molecular weight excluding hydrogens is 369 g/mol. The summed E-state index contributed by atoms with van der Waals surface area (Å²) in [5.41, 5.74) is 2.35. The fraction of sp³-hybridized carbons (Fsp3) is 0.263. The smallest absolute Gasteiger partial charge is 0.243 e. The number of nitrogens with zero attached hydrogens (tertiary/aromatic N) is 3. The van der Waals surface area contributed by atoms with Crippen LogP contribution >= 0.6 is 0 Å². The number of ether oxygens (including phenoxy) is 1. The first-order valence-electron chi connectivity index (χ1n) is 8.65. The summed E-state index contributed by atoms with van der Waals surface area (Å²) in [6.45, 7) is 2.53. The maximum Gasteiger partial charge on any atom is 0.243 e. The molecule has 0 unspecified atom stereocenters. The minimum Gasteiger partial charge on any atom is -0.491 e. The van der Waals surface area contributed by atoms with Gasteiger partial charge in [-0.15, -0.1) is 0 Å². The Labute approximate surface area is 156 Å². The minimum absolute atomic E-state index is 0.0450. The Morgan fingerprint density at radius 3 is 2.89 bits per heavy atom. The number of pyridine rings is 2. The molecule has 4 rings (SSSR count). The summed E-state index contributed by atoms with van der Waals surface area (Å²) >= 11 is 0. The van der Waals surface area contributed by atoms with Crippen LogP contribution in [0.3, 0.4) is 0 Å². The van der Waals surface area contributed by atoms with E-state index < -0.39 is 15.8 Å². The quantitative estimate of drug-likeness (QED) is 0.688. The fourth-order valence-corrected chi connectivity index (χ4v) is 4.64. The monoisotopic (exact) mass is 387 g/mol. The van der Waals surface area contributed by atoms with E-state index >= 15 is 0 Å². The van der Waals surface area contributed by atoms with Crippen LogP contribution in [0.5, 0.6) is 5.75 Å². The number of hydrogen-bond acceptors (Lipinski definition) is 5. The summed E-state index contributed by atoms with van der Waals surface area (Å²) in [4.78, 5) is 8.70. The Morgan fingerprint density at radius 1 is 1.26 bits per heavy atom. The molecule has 27 heavy (non-hydrogen) atoms. The molecule has 0 saturated carbocycles. The maximum absolute atomic E-state index is 14.1. The molecule has 2 aromatic heterocycles. The summed E-state index contributed by atoms with van der Waals surface area (Å²) < 4.78 is 46.6. The van der Waals surface area contributed by atoms with Crippen molar-refractivity contribution >= 4 is 21.1 Å². The summed E-state index contributed by atoms with van der Waals surface area (Å²) in [6.07, 6.45) is 2.17. The normalized spacial score (nSPS) is 14.9. The molecule has 0 saturated heterocycles. The summed E-state index contributed by atoms with van der Waals surface area (Å²) in [5.74, 6) is -0.641. The largest absolute Gasteiger partial charge is 0.491 e. The predicted octanol–water partition coefficient (Wildman–Crippen LogP) is 2.91. The van der Waals surface area contributed by atoms with Crippen LogP contribution in [0.4, 0.5) is 4.39 Å². The molecule has 0 radical (unpaired) electrons. The van der Waals surface area contributed by atoms with E-state index in [-0.39, 0.29) is 23.7 Å². The Hall–Kier alpha value is -2.58. The van der Waals surface area contributed by atoms with Crippen molar-refractivity contribution in [1.82, 2.24) is 14.3 Å². The highest BCUT2D eigenvalue weighted by Gasteiger charge is 2.30. The van der Waals surface area contributed by atoms with Crippen LogP contribution in [0.15, 0.2) is 47.5 Å². The van der Waals surface area contributed by atoms with Gasteiger partial charge in [0, 0.05) is 36.8 Å². The van der Waals surface area contributed by atoms with Gasteiger partial charge in [0.1, 0.15) is 0 Å². The molecule has 0 aliphatic carbocycles. The first-order chi connectivity index (χ1) is 13.0. The lowest BCUT2D eigenvalue weighted by molar-refractivity contribution is 0.321. The zero-order chi connectivity index (χ0) is 19.0. The third kappa shape index (κ3) is 3.26. The number of sulfonamides is 1.